The van der Waals surface area contributed by atoms with E-state index < -0.39 is 5.41 Å². The van der Waals surface area contributed by atoms with Crippen molar-refractivity contribution in [1.29, 1.82) is 0 Å². The first-order chi connectivity index (χ1) is 9.03. The summed E-state index contributed by atoms with van der Waals surface area (Å²) < 4.78 is 0. The van der Waals surface area contributed by atoms with E-state index in [4.69, 9.17) is 0 Å². The zero-order chi connectivity index (χ0) is 15.6. The number of nitrogens with zero attached hydrogens (tertiary/aromatic N) is 1. The summed E-state index contributed by atoms with van der Waals surface area (Å²) in [5.74, 6) is -0.466. The first-order valence-corrected chi connectivity index (χ1v) is 7.14. The zero-order valence-corrected chi connectivity index (χ0v) is 13.2. The molecule has 0 aliphatic carbocycles. The smallest absolute Gasteiger partial charge is 0.235 e. The Bertz CT molecular complexity index is 408. The van der Waals surface area contributed by atoms with E-state index in [1.807, 2.05) is 0 Å². The predicted octanol–water partition coefficient (Wildman–Crippen LogP) is 1.71. The molecule has 0 aromatic heterocycles. The molecule has 1 heterocycles. The van der Waals surface area contributed by atoms with E-state index in [9.17, 15) is 14.4 Å². The Hall–Kier alpha value is -1.39. The van der Waals surface area contributed by atoms with Gasteiger partial charge in [-0.05, 0) is 11.8 Å². The third kappa shape index (κ3) is 4.62. The Kier molecular flexibility index (Phi) is 4.95. The molecule has 114 valence electrons. The fourth-order valence-corrected chi connectivity index (χ4v) is 2.13. The largest absolute Gasteiger partial charge is 0.356 e. The fraction of sp³-hybridized carbons (Fsp3) is 0.800. The molecule has 1 saturated heterocycles. The number of hydrogen-bond donors (Lipinski definition) is 1. The Labute approximate surface area is 121 Å². The molecule has 0 atom stereocenters. The molecule has 5 nitrogen and oxygen atoms in total. The van der Waals surface area contributed by atoms with Gasteiger partial charge in [-0.1, -0.05) is 34.6 Å². The van der Waals surface area contributed by atoms with E-state index in [0.717, 1.165) is 6.42 Å². The molecule has 0 saturated carbocycles. The van der Waals surface area contributed by atoms with Crippen molar-refractivity contribution in [3.63, 3.8) is 0 Å². The number of nitrogens with one attached hydrogen (secondary N) is 1. The molecule has 0 unspecified atom stereocenters. The van der Waals surface area contributed by atoms with Crippen molar-refractivity contribution >= 4 is 17.7 Å². The van der Waals surface area contributed by atoms with Gasteiger partial charge in [0.1, 0.15) is 0 Å². The highest BCUT2D eigenvalue weighted by molar-refractivity contribution is 6.05. The van der Waals surface area contributed by atoms with Gasteiger partial charge in [-0.2, -0.15) is 0 Å². The van der Waals surface area contributed by atoms with Crippen LogP contribution in [0, 0.1) is 10.8 Å². The van der Waals surface area contributed by atoms with Crippen LogP contribution < -0.4 is 5.32 Å². The lowest BCUT2D eigenvalue weighted by Crippen LogP contribution is -2.37. The van der Waals surface area contributed by atoms with Gasteiger partial charge in [0.25, 0.3) is 0 Å². The molecule has 1 fully saturated rings. The van der Waals surface area contributed by atoms with Crippen molar-refractivity contribution in [1.82, 2.24) is 10.2 Å². The SMILES string of the molecule is CC(C)(C)CCNC(=O)CCN1C(=O)CC(C)(C)C1=O. The number of amides is 3. The number of hydrogen-bond acceptors (Lipinski definition) is 3. The lowest BCUT2D eigenvalue weighted by Gasteiger charge is -2.19. The normalized spacial score (nSPS) is 18.6. The molecule has 1 aliphatic rings. The van der Waals surface area contributed by atoms with Crippen LogP contribution in [0.4, 0.5) is 0 Å². The van der Waals surface area contributed by atoms with Gasteiger partial charge in [0.2, 0.25) is 17.7 Å². The van der Waals surface area contributed by atoms with Crippen LogP contribution >= 0.6 is 0 Å². The molecule has 0 aromatic carbocycles. The minimum Gasteiger partial charge on any atom is -0.356 e. The maximum Gasteiger partial charge on any atom is 0.235 e. The van der Waals surface area contributed by atoms with Crippen LogP contribution in [0.25, 0.3) is 0 Å². The van der Waals surface area contributed by atoms with Gasteiger partial charge in [-0.15, -0.1) is 0 Å². The molecule has 0 aromatic rings. The molecule has 1 N–H and O–H groups in total. The minimum atomic E-state index is -0.625. The number of imide groups is 1. The van der Waals surface area contributed by atoms with E-state index in [0.29, 0.717) is 6.54 Å². The second kappa shape index (κ2) is 5.94. The van der Waals surface area contributed by atoms with Crippen LogP contribution in [0.1, 0.15) is 53.9 Å². The van der Waals surface area contributed by atoms with Gasteiger partial charge < -0.3 is 5.32 Å². The van der Waals surface area contributed by atoms with Crippen LogP contribution in [-0.2, 0) is 14.4 Å². The first kappa shape index (κ1) is 16.7. The summed E-state index contributed by atoms with van der Waals surface area (Å²) in [5.41, 5.74) is -0.446. The average molecular weight is 282 g/mol. The second-order valence-corrected chi connectivity index (χ2v) is 7.32. The summed E-state index contributed by atoms with van der Waals surface area (Å²) in [6, 6.07) is 0. The van der Waals surface area contributed by atoms with E-state index in [-0.39, 0.29) is 42.5 Å². The molecule has 5 heteroatoms. The molecule has 0 radical (unpaired) electrons. The van der Waals surface area contributed by atoms with Crippen LogP contribution in [-0.4, -0.2) is 35.7 Å². The summed E-state index contributed by atoms with van der Waals surface area (Å²) in [5, 5.41) is 2.83. The molecular weight excluding hydrogens is 256 g/mol. The summed E-state index contributed by atoms with van der Waals surface area (Å²) in [6.07, 6.45) is 1.31. The topological polar surface area (TPSA) is 66.5 Å². The molecule has 1 rings (SSSR count). The van der Waals surface area contributed by atoms with Crippen molar-refractivity contribution in [3.05, 3.63) is 0 Å². The lowest BCUT2D eigenvalue weighted by molar-refractivity contribution is -0.141. The highest BCUT2D eigenvalue weighted by Gasteiger charge is 2.44. The van der Waals surface area contributed by atoms with Crippen LogP contribution in [0.3, 0.4) is 0 Å². The summed E-state index contributed by atoms with van der Waals surface area (Å²) >= 11 is 0. The number of likely N-dealkylation sites (tertiary alicyclic amines) is 1. The van der Waals surface area contributed by atoms with Gasteiger partial charge in [0.15, 0.2) is 0 Å². The maximum atomic E-state index is 12.0. The third-order valence-electron chi connectivity index (χ3n) is 3.48. The van der Waals surface area contributed by atoms with E-state index in [1.54, 1.807) is 13.8 Å². The quantitative estimate of drug-likeness (QED) is 0.781. The van der Waals surface area contributed by atoms with Crippen molar-refractivity contribution in [2.45, 2.75) is 53.9 Å². The molecule has 1 aliphatic heterocycles. The van der Waals surface area contributed by atoms with Gasteiger partial charge in [-0.3, -0.25) is 19.3 Å². The summed E-state index contributed by atoms with van der Waals surface area (Å²) in [4.78, 5) is 36.6. The van der Waals surface area contributed by atoms with Gasteiger partial charge >= 0.3 is 0 Å². The highest BCUT2D eigenvalue weighted by Crippen LogP contribution is 2.31. The van der Waals surface area contributed by atoms with Crippen LogP contribution in [0.5, 0.6) is 0 Å². The Balaban J connectivity index is 2.35. The number of carbonyl (C=O) groups excluding carboxylic acids is 3. The average Bonchev–Trinajstić information content (AvgIpc) is 2.44. The predicted molar refractivity (Wildman–Crippen MR) is 76.8 cm³/mol. The van der Waals surface area contributed by atoms with Crippen LogP contribution in [0.2, 0.25) is 0 Å². The Morgan fingerprint density at radius 1 is 1.30 bits per heavy atom. The Morgan fingerprint density at radius 3 is 2.35 bits per heavy atom. The van der Waals surface area contributed by atoms with Gasteiger partial charge in [-0.25, -0.2) is 0 Å². The van der Waals surface area contributed by atoms with Crippen molar-refractivity contribution in [3.8, 4) is 0 Å². The molecule has 0 bridgehead atoms. The summed E-state index contributed by atoms with van der Waals surface area (Å²) in [6.45, 7) is 10.7. The molecule has 3 amide bonds. The minimum absolute atomic E-state index is 0.112. The lowest BCUT2D eigenvalue weighted by atomic mass is 9.92. The van der Waals surface area contributed by atoms with Crippen molar-refractivity contribution in [2.24, 2.45) is 10.8 Å². The molecule has 0 spiro atoms. The van der Waals surface area contributed by atoms with Gasteiger partial charge in [0.05, 0.1) is 5.41 Å². The molecular formula is C15H26N2O3. The van der Waals surface area contributed by atoms with Gasteiger partial charge in [0, 0.05) is 25.9 Å². The van der Waals surface area contributed by atoms with E-state index in [2.05, 4.69) is 26.1 Å². The van der Waals surface area contributed by atoms with E-state index in [1.165, 1.54) is 4.90 Å². The van der Waals surface area contributed by atoms with E-state index >= 15 is 0 Å². The van der Waals surface area contributed by atoms with Crippen molar-refractivity contribution in [2.75, 3.05) is 13.1 Å². The zero-order valence-electron chi connectivity index (χ0n) is 13.2. The number of rotatable bonds is 5. The maximum absolute atomic E-state index is 12.0. The monoisotopic (exact) mass is 282 g/mol. The summed E-state index contributed by atoms with van der Waals surface area (Å²) in [7, 11) is 0. The highest BCUT2D eigenvalue weighted by atomic mass is 16.2. The second-order valence-electron chi connectivity index (χ2n) is 7.32. The molecule has 20 heavy (non-hydrogen) atoms. The standard InChI is InChI=1S/C15H26N2O3/c1-14(2,3)7-8-16-11(18)6-9-17-12(19)10-15(4,5)13(17)20/h6-10H2,1-5H3,(H,16,18). The van der Waals surface area contributed by atoms with Crippen LogP contribution in [0.15, 0.2) is 0 Å². The number of carbonyl (C=O) groups is 3. The van der Waals surface area contributed by atoms with Crippen molar-refractivity contribution < 1.29 is 14.4 Å². The first-order valence-electron chi connectivity index (χ1n) is 7.14. The fourth-order valence-electron chi connectivity index (χ4n) is 2.13. The Morgan fingerprint density at radius 2 is 1.90 bits per heavy atom. The third-order valence-corrected chi connectivity index (χ3v) is 3.48.